The van der Waals surface area contributed by atoms with Gasteiger partial charge < -0.3 is 4.42 Å². The van der Waals surface area contributed by atoms with Crippen molar-refractivity contribution in [3.05, 3.63) is 212 Å². The maximum atomic E-state index is 6.76. The second-order valence-electron chi connectivity index (χ2n) is 16.3. The highest BCUT2D eigenvalue weighted by Gasteiger charge is 2.23. The molecule has 0 aliphatic carbocycles. The van der Waals surface area contributed by atoms with Gasteiger partial charge in [0.2, 0.25) is 0 Å². The number of nitrogens with zero attached hydrogens (tertiary/aromatic N) is 3. The summed E-state index contributed by atoms with van der Waals surface area (Å²) >= 11 is 1.82. The summed E-state index contributed by atoms with van der Waals surface area (Å²) in [6.07, 6.45) is 0. The Kier molecular flexibility index (Phi) is 8.36. The first-order chi connectivity index (χ1) is 31.7. The van der Waals surface area contributed by atoms with Gasteiger partial charge in [0.05, 0.1) is 22.6 Å². The molecule has 0 radical (unpaired) electrons. The molecular formula is C59H35N3OS. The summed E-state index contributed by atoms with van der Waals surface area (Å²) < 4.78 is 9.24. The van der Waals surface area contributed by atoms with Crippen LogP contribution in [0.3, 0.4) is 0 Å². The molecule has 9 aromatic carbocycles. The minimum absolute atomic E-state index is 0.685. The van der Waals surface area contributed by atoms with Gasteiger partial charge in [-0.15, -0.1) is 11.3 Å². The minimum atomic E-state index is 0.685. The zero-order valence-electron chi connectivity index (χ0n) is 34.4. The Morgan fingerprint density at radius 1 is 0.359 bits per heavy atom. The lowest BCUT2D eigenvalue weighted by molar-refractivity contribution is 0.669. The Morgan fingerprint density at radius 2 is 0.984 bits per heavy atom. The van der Waals surface area contributed by atoms with E-state index < -0.39 is 0 Å². The van der Waals surface area contributed by atoms with E-state index in [1.54, 1.807) is 0 Å². The van der Waals surface area contributed by atoms with Crippen molar-refractivity contribution in [2.24, 2.45) is 0 Å². The third-order valence-corrected chi connectivity index (χ3v) is 13.7. The first-order valence-electron chi connectivity index (χ1n) is 21.5. The molecule has 0 aliphatic heterocycles. The monoisotopic (exact) mass is 833 g/mol. The maximum absolute atomic E-state index is 6.76. The summed E-state index contributed by atoms with van der Waals surface area (Å²) in [6, 6.07) is 74.8. The van der Waals surface area contributed by atoms with E-state index in [1.807, 2.05) is 35.6 Å². The van der Waals surface area contributed by atoms with E-state index >= 15 is 0 Å². The van der Waals surface area contributed by atoms with Gasteiger partial charge in [-0.3, -0.25) is 0 Å². The van der Waals surface area contributed by atoms with Crippen LogP contribution in [0.2, 0.25) is 0 Å². The quantitative estimate of drug-likeness (QED) is 0.157. The predicted octanol–water partition coefficient (Wildman–Crippen LogP) is 16.4. The molecule has 5 heteroatoms. The number of furan rings is 1. The molecule has 4 nitrogen and oxygen atoms in total. The van der Waals surface area contributed by atoms with Crippen molar-refractivity contribution >= 4 is 75.1 Å². The zero-order chi connectivity index (χ0) is 42.1. The van der Waals surface area contributed by atoms with E-state index in [2.05, 4.69) is 188 Å². The fraction of sp³-hybridized carbons (Fsp3) is 0. The topological polar surface area (TPSA) is 51.8 Å². The molecule has 0 saturated heterocycles. The largest absolute Gasteiger partial charge is 0.456 e. The molecule has 0 N–H and O–H groups in total. The lowest BCUT2D eigenvalue weighted by Crippen LogP contribution is -1.96. The standard InChI is InChI=1S/C59H35N3OS/c1-3-15-36(16-4-1)37-29-31-38(32-30-37)57-47-34-52-56(46-23-8-11-27-51(46)63-52)54(55(47)44-22-7-10-26-48(44)60-57)41-20-13-19-40(33-41)49-35-50(62-59(61-49)39-17-5-2-6-18-39)45-25-14-24-43-42-21-9-12-28-53(42)64-58(43)45/h1-35H. The first kappa shape index (κ1) is 36.4. The summed E-state index contributed by atoms with van der Waals surface area (Å²) in [4.78, 5) is 16.0. The summed E-state index contributed by atoms with van der Waals surface area (Å²) in [6.45, 7) is 0. The molecule has 0 atom stereocenters. The second-order valence-corrected chi connectivity index (χ2v) is 17.3. The van der Waals surface area contributed by atoms with Crippen LogP contribution in [-0.2, 0) is 0 Å². The molecule has 0 aliphatic rings. The van der Waals surface area contributed by atoms with Crippen molar-refractivity contribution in [1.82, 2.24) is 15.0 Å². The number of thiophene rings is 1. The normalized spacial score (nSPS) is 11.8. The van der Waals surface area contributed by atoms with Gasteiger partial charge in [-0.1, -0.05) is 176 Å². The first-order valence-corrected chi connectivity index (χ1v) is 22.3. The highest BCUT2D eigenvalue weighted by atomic mass is 32.1. The van der Waals surface area contributed by atoms with Crippen LogP contribution in [0.15, 0.2) is 217 Å². The molecule has 0 fully saturated rings. The molecule has 13 rings (SSSR count). The van der Waals surface area contributed by atoms with E-state index in [0.29, 0.717) is 5.82 Å². The van der Waals surface area contributed by atoms with E-state index in [1.165, 1.54) is 25.7 Å². The van der Waals surface area contributed by atoms with Gasteiger partial charge in [0.25, 0.3) is 0 Å². The second kappa shape index (κ2) is 14.7. The van der Waals surface area contributed by atoms with Crippen LogP contribution >= 0.6 is 11.3 Å². The van der Waals surface area contributed by atoms with E-state index in [9.17, 15) is 0 Å². The number of para-hydroxylation sites is 2. The maximum Gasteiger partial charge on any atom is 0.160 e. The average Bonchev–Trinajstić information content (AvgIpc) is 3.94. The van der Waals surface area contributed by atoms with Gasteiger partial charge in [-0.2, -0.15) is 0 Å². The lowest BCUT2D eigenvalue weighted by Gasteiger charge is -2.16. The summed E-state index contributed by atoms with van der Waals surface area (Å²) in [7, 11) is 0. The highest BCUT2D eigenvalue weighted by Crippen LogP contribution is 2.47. The number of aromatic nitrogens is 3. The third kappa shape index (κ3) is 5.93. The van der Waals surface area contributed by atoms with E-state index in [0.717, 1.165) is 99.6 Å². The molecule has 64 heavy (non-hydrogen) atoms. The van der Waals surface area contributed by atoms with Crippen molar-refractivity contribution in [3.8, 4) is 67.4 Å². The van der Waals surface area contributed by atoms with Gasteiger partial charge in [0.15, 0.2) is 5.82 Å². The van der Waals surface area contributed by atoms with Gasteiger partial charge in [-0.25, -0.2) is 15.0 Å². The molecule has 4 aromatic heterocycles. The minimum Gasteiger partial charge on any atom is -0.456 e. The number of fused-ring (bicyclic) bond motifs is 9. The number of pyridine rings is 1. The fourth-order valence-corrected chi connectivity index (χ4v) is 10.7. The van der Waals surface area contributed by atoms with Crippen molar-refractivity contribution in [1.29, 1.82) is 0 Å². The van der Waals surface area contributed by atoms with Gasteiger partial charge in [0, 0.05) is 74.9 Å². The SMILES string of the molecule is c1ccc(-c2ccc(-c3nc4ccccc4c4c(-c5cccc(-c6cc(-c7cccc8c7sc7ccccc78)nc(-c7ccccc7)n6)c5)c5c(cc34)oc3ccccc35)cc2)cc1. The van der Waals surface area contributed by atoms with Crippen molar-refractivity contribution in [2.45, 2.75) is 0 Å². The van der Waals surface area contributed by atoms with Crippen LogP contribution in [-0.4, -0.2) is 15.0 Å². The fourth-order valence-electron chi connectivity index (χ4n) is 9.51. The van der Waals surface area contributed by atoms with E-state index in [-0.39, 0.29) is 0 Å². The van der Waals surface area contributed by atoms with Crippen LogP contribution < -0.4 is 0 Å². The van der Waals surface area contributed by atoms with Crippen molar-refractivity contribution < 1.29 is 4.42 Å². The van der Waals surface area contributed by atoms with Crippen LogP contribution in [0.1, 0.15) is 0 Å². The molecule has 0 spiro atoms. The van der Waals surface area contributed by atoms with Gasteiger partial charge in [0.1, 0.15) is 11.2 Å². The number of hydrogen-bond acceptors (Lipinski definition) is 5. The molecule has 0 bridgehead atoms. The Hall–Kier alpha value is -8.25. The Morgan fingerprint density at radius 3 is 1.83 bits per heavy atom. The van der Waals surface area contributed by atoms with E-state index in [4.69, 9.17) is 19.4 Å². The number of benzene rings is 9. The zero-order valence-corrected chi connectivity index (χ0v) is 35.2. The Bertz CT molecular complexity index is 3950. The Balaban J connectivity index is 1.06. The van der Waals surface area contributed by atoms with Crippen LogP contribution in [0.25, 0.3) is 131 Å². The number of hydrogen-bond donors (Lipinski definition) is 0. The average molecular weight is 834 g/mol. The highest BCUT2D eigenvalue weighted by molar-refractivity contribution is 7.26. The predicted molar refractivity (Wildman–Crippen MR) is 268 cm³/mol. The molecule has 298 valence electrons. The summed E-state index contributed by atoms with van der Waals surface area (Å²) in [5.41, 5.74) is 13.9. The van der Waals surface area contributed by atoms with Gasteiger partial charge >= 0.3 is 0 Å². The van der Waals surface area contributed by atoms with Crippen molar-refractivity contribution in [2.75, 3.05) is 0 Å². The lowest BCUT2D eigenvalue weighted by atomic mass is 9.88. The summed E-state index contributed by atoms with van der Waals surface area (Å²) in [5.74, 6) is 0.685. The van der Waals surface area contributed by atoms with Gasteiger partial charge in [-0.05, 0) is 53.1 Å². The van der Waals surface area contributed by atoms with Crippen LogP contribution in [0, 0.1) is 0 Å². The molecule has 0 saturated carbocycles. The molecule has 0 unspecified atom stereocenters. The van der Waals surface area contributed by atoms with Crippen LogP contribution in [0.4, 0.5) is 0 Å². The van der Waals surface area contributed by atoms with Crippen molar-refractivity contribution in [3.63, 3.8) is 0 Å². The molecule has 13 aromatic rings. The third-order valence-electron chi connectivity index (χ3n) is 12.5. The molecular weight excluding hydrogens is 799 g/mol. The molecule has 4 heterocycles. The smallest absolute Gasteiger partial charge is 0.160 e. The Labute approximate surface area is 372 Å². The van der Waals surface area contributed by atoms with Crippen LogP contribution in [0.5, 0.6) is 0 Å². The summed E-state index contributed by atoms with van der Waals surface area (Å²) in [5, 5.41) is 7.90. The number of rotatable bonds is 6. The molecule has 0 amide bonds.